The van der Waals surface area contributed by atoms with Crippen molar-refractivity contribution in [3.05, 3.63) is 66.4 Å². The molecule has 2 aromatic heterocycles. The van der Waals surface area contributed by atoms with Gasteiger partial charge in [0.2, 0.25) is 0 Å². The largest absolute Gasteiger partial charge is 0.393 e. The van der Waals surface area contributed by atoms with Gasteiger partial charge >= 0.3 is 0 Å². The number of rotatable bonds is 7. The van der Waals surface area contributed by atoms with Crippen LogP contribution in [0.1, 0.15) is 30.5 Å². The first-order valence-electron chi connectivity index (χ1n) is 7.93. The summed E-state index contributed by atoms with van der Waals surface area (Å²) in [6.07, 6.45) is 7.74. The molecular weight excluding hydrogens is 288 g/mol. The summed E-state index contributed by atoms with van der Waals surface area (Å²) in [7, 11) is 0. The standard InChI is InChI=1S/C18H22N4O/c1-14(23)9-16(15-5-3-2-4-6-15)10-20-11-17-12-21-18-13-19-7-8-22(17)18/h2-8,12-14,16,20,23H,9-11H2,1H3. The lowest BCUT2D eigenvalue weighted by Crippen LogP contribution is -2.24. The van der Waals surface area contributed by atoms with Crippen LogP contribution in [0.15, 0.2) is 55.1 Å². The van der Waals surface area contributed by atoms with Crippen LogP contribution in [0.3, 0.4) is 0 Å². The normalized spacial score (nSPS) is 14.0. The molecule has 2 atom stereocenters. The summed E-state index contributed by atoms with van der Waals surface area (Å²) in [5.74, 6) is 0.289. The molecule has 3 rings (SSSR count). The van der Waals surface area contributed by atoms with E-state index in [9.17, 15) is 5.11 Å². The first kappa shape index (κ1) is 15.6. The summed E-state index contributed by atoms with van der Waals surface area (Å²) in [4.78, 5) is 8.42. The van der Waals surface area contributed by atoms with E-state index in [4.69, 9.17) is 0 Å². The molecule has 0 bridgehead atoms. The molecule has 0 aliphatic carbocycles. The molecule has 1 aromatic carbocycles. The van der Waals surface area contributed by atoms with E-state index < -0.39 is 0 Å². The van der Waals surface area contributed by atoms with Crippen LogP contribution in [0.25, 0.3) is 5.65 Å². The Hall–Kier alpha value is -2.24. The second-order valence-electron chi connectivity index (χ2n) is 5.88. The van der Waals surface area contributed by atoms with E-state index >= 15 is 0 Å². The van der Waals surface area contributed by atoms with Crippen molar-refractivity contribution in [2.45, 2.75) is 31.9 Å². The van der Waals surface area contributed by atoms with E-state index in [-0.39, 0.29) is 12.0 Å². The van der Waals surface area contributed by atoms with Crippen molar-refractivity contribution >= 4 is 5.65 Å². The third kappa shape index (κ3) is 3.94. The Balaban J connectivity index is 1.65. The first-order chi connectivity index (χ1) is 11.2. The van der Waals surface area contributed by atoms with Gasteiger partial charge in [0.1, 0.15) is 0 Å². The lowest BCUT2D eigenvalue weighted by molar-refractivity contribution is 0.173. The molecule has 2 N–H and O–H groups in total. The number of hydrogen-bond acceptors (Lipinski definition) is 4. The molecule has 2 heterocycles. The number of hydrogen-bond donors (Lipinski definition) is 2. The van der Waals surface area contributed by atoms with Gasteiger partial charge in [-0.25, -0.2) is 4.98 Å². The molecule has 0 aliphatic heterocycles. The van der Waals surface area contributed by atoms with Crippen molar-refractivity contribution < 1.29 is 5.11 Å². The molecule has 2 unspecified atom stereocenters. The molecule has 3 aromatic rings. The minimum Gasteiger partial charge on any atom is -0.393 e. The molecule has 5 heteroatoms. The van der Waals surface area contributed by atoms with E-state index in [0.717, 1.165) is 30.9 Å². The number of nitrogens with one attached hydrogen (secondary N) is 1. The maximum atomic E-state index is 9.76. The van der Waals surface area contributed by atoms with Gasteiger partial charge < -0.3 is 10.4 Å². The van der Waals surface area contributed by atoms with Crippen LogP contribution in [0.2, 0.25) is 0 Å². The van der Waals surface area contributed by atoms with E-state index in [1.807, 2.05) is 41.9 Å². The number of fused-ring (bicyclic) bond motifs is 1. The summed E-state index contributed by atoms with van der Waals surface area (Å²) < 4.78 is 2.03. The summed E-state index contributed by atoms with van der Waals surface area (Å²) >= 11 is 0. The van der Waals surface area contributed by atoms with E-state index in [0.29, 0.717) is 0 Å². The highest BCUT2D eigenvalue weighted by Gasteiger charge is 2.14. The molecule has 0 amide bonds. The summed E-state index contributed by atoms with van der Waals surface area (Å²) in [5, 5.41) is 13.3. The quantitative estimate of drug-likeness (QED) is 0.703. The molecular formula is C18H22N4O. The Kier molecular flexibility index (Phi) is 5.00. The van der Waals surface area contributed by atoms with Gasteiger partial charge in [-0.2, -0.15) is 0 Å². The molecule has 5 nitrogen and oxygen atoms in total. The number of aromatic nitrogens is 3. The van der Waals surface area contributed by atoms with Gasteiger partial charge in [-0.15, -0.1) is 0 Å². The van der Waals surface area contributed by atoms with Crippen LogP contribution in [-0.4, -0.2) is 32.1 Å². The van der Waals surface area contributed by atoms with Gasteiger partial charge in [-0.1, -0.05) is 30.3 Å². The zero-order chi connectivity index (χ0) is 16.1. The number of aliphatic hydroxyl groups is 1. The van der Waals surface area contributed by atoms with Crippen molar-refractivity contribution in [1.29, 1.82) is 0 Å². The fourth-order valence-electron chi connectivity index (χ4n) is 2.87. The zero-order valence-corrected chi connectivity index (χ0v) is 13.3. The molecule has 0 saturated carbocycles. The summed E-state index contributed by atoms with van der Waals surface area (Å²) in [6.45, 7) is 3.38. The maximum Gasteiger partial charge on any atom is 0.155 e. The van der Waals surface area contributed by atoms with Crippen LogP contribution in [0.4, 0.5) is 0 Å². The Bertz CT molecular complexity index is 739. The minimum absolute atomic E-state index is 0.289. The molecule has 120 valence electrons. The van der Waals surface area contributed by atoms with Crippen molar-refractivity contribution in [3.8, 4) is 0 Å². The van der Waals surface area contributed by atoms with Crippen LogP contribution in [0, 0.1) is 0 Å². The number of aliphatic hydroxyl groups excluding tert-OH is 1. The summed E-state index contributed by atoms with van der Waals surface area (Å²) in [6, 6.07) is 10.3. The average Bonchev–Trinajstić information content (AvgIpc) is 2.98. The number of benzene rings is 1. The highest BCUT2D eigenvalue weighted by Crippen LogP contribution is 2.20. The van der Waals surface area contributed by atoms with Crippen LogP contribution in [0.5, 0.6) is 0 Å². The fraction of sp³-hybridized carbons (Fsp3) is 0.333. The SMILES string of the molecule is CC(O)CC(CNCc1cnc2cnccn12)c1ccccc1. The second-order valence-corrected chi connectivity index (χ2v) is 5.88. The van der Waals surface area contributed by atoms with Crippen molar-refractivity contribution in [2.75, 3.05) is 6.54 Å². The molecule has 23 heavy (non-hydrogen) atoms. The second kappa shape index (κ2) is 7.35. The van der Waals surface area contributed by atoms with Crippen molar-refractivity contribution in [1.82, 2.24) is 19.7 Å². The Morgan fingerprint density at radius 2 is 2.04 bits per heavy atom. The third-order valence-corrected chi connectivity index (χ3v) is 3.99. The Morgan fingerprint density at radius 3 is 2.83 bits per heavy atom. The number of nitrogens with zero attached hydrogens (tertiary/aromatic N) is 3. The van der Waals surface area contributed by atoms with Crippen LogP contribution >= 0.6 is 0 Å². The molecule has 0 saturated heterocycles. The zero-order valence-electron chi connectivity index (χ0n) is 13.3. The Labute approximate surface area is 136 Å². The first-order valence-corrected chi connectivity index (χ1v) is 7.93. The predicted octanol–water partition coefficient (Wildman–Crippen LogP) is 2.37. The van der Waals surface area contributed by atoms with Gasteiger partial charge in [-0.3, -0.25) is 9.38 Å². The Morgan fingerprint density at radius 1 is 1.22 bits per heavy atom. The topological polar surface area (TPSA) is 62.5 Å². The minimum atomic E-state index is -0.316. The van der Waals surface area contributed by atoms with E-state index in [1.54, 1.807) is 12.4 Å². The van der Waals surface area contributed by atoms with Gasteiger partial charge in [0.25, 0.3) is 0 Å². The summed E-state index contributed by atoms with van der Waals surface area (Å²) in [5.41, 5.74) is 3.21. The van der Waals surface area contributed by atoms with Gasteiger partial charge in [-0.05, 0) is 24.8 Å². The third-order valence-electron chi connectivity index (χ3n) is 3.99. The molecule has 0 radical (unpaired) electrons. The lowest BCUT2D eigenvalue weighted by atomic mass is 9.93. The molecule has 0 fully saturated rings. The number of imidazole rings is 1. The predicted molar refractivity (Wildman–Crippen MR) is 90.2 cm³/mol. The van der Waals surface area contributed by atoms with Gasteiger partial charge in [0, 0.05) is 25.5 Å². The van der Waals surface area contributed by atoms with Crippen LogP contribution < -0.4 is 5.32 Å². The molecule has 0 aliphatic rings. The van der Waals surface area contributed by atoms with Crippen molar-refractivity contribution in [3.63, 3.8) is 0 Å². The monoisotopic (exact) mass is 310 g/mol. The highest BCUT2D eigenvalue weighted by molar-refractivity contribution is 5.36. The molecule has 0 spiro atoms. The maximum absolute atomic E-state index is 9.76. The van der Waals surface area contributed by atoms with Gasteiger partial charge in [0.15, 0.2) is 5.65 Å². The van der Waals surface area contributed by atoms with Gasteiger partial charge in [0.05, 0.1) is 24.2 Å². The smallest absolute Gasteiger partial charge is 0.155 e. The van der Waals surface area contributed by atoms with E-state index in [2.05, 4.69) is 27.4 Å². The highest BCUT2D eigenvalue weighted by atomic mass is 16.3. The van der Waals surface area contributed by atoms with Crippen LogP contribution in [-0.2, 0) is 6.54 Å². The van der Waals surface area contributed by atoms with E-state index in [1.165, 1.54) is 5.56 Å². The lowest BCUT2D eigenvalue weighted by Gasteiger charge is -2.19. The van der Waals surface area contributed by atoms with Crippen molar-refractivity contribution in [2.24, 2.45) is 0 Å². The fourth-order valence-corrected chi connectivity index (χ4v) is 2.87. The average molecular weight is 310 g/mol.